The standard InChI is InChI=1S/C21H30N4O2S/c1-4-22-21(25-14-18-13-23-15(2)28-18)24-12-16-8-7-11-19(26-3)20(16)27-17-9-5-6-10-17/h7-8,11,13,17H,4-6,9-10,12,14H2,1-3H3,(H2,22,24,25). The minimum absolute atomic E-state index is 0.278. The van der Waals surface area contributed by atoms with Crippen LogP contribution in [-0.2, 0) is 13.1 Å². The molecule has 1 aliphatic rings. The van der Waals surface area contributed by atoms with Crippen molar-refractivity contribution < 1.29 is 9.47 Å². The lowest BCUT2D eigenvalue weighted by Gasteiger charge is -2.19. The highest BCUT2D eigenvalue weighted by molar-refractivity contribution is 7.11. The highest BCUT2D eigenvalue weighted by atomic mass is 32.1. The zero-order valence-corrected chi connectivity index (χ0v) is 17.8. The predicted molar refractivity (Wildman–Crippen MR) is 114 cm³/mol. The number of guanidine groups is 1. The zero-order valence-electron chi connectivity index (χ0n) is 17.0. The molecule has 28 heavy (non-hydrogen) atoms. The zero-order chi connectivity index (χ0) is 19.8. The van der Waals surface area contributed by atoms with E-state index in [1.807, 2.05) is 25.3 Å². The second-order valence-electron chi connectivity index (χ2n) is 6.87. The highest BCUT2D eigenvalue weighted by Gasteiger charge is 2.20. The lowest BCUT2D eigenvalue weighted by molar-refractivity contribution is 0.198. The van der Waals surface area contributed by atoms with E-state index in [1.54, 1.807) is 18.4 Å². The molecule has 0 bridgehead atoms. The van der Waals surface area contributed by atoms with E-state index in [4.69, 9.17) is 14.5 Å². The largest absolute Gasteiger partial charge is 0.493 e. The Labute approximate surface area is 171 Å². The molecular weight excluding hydrogens is 372 g/mol. The maximum atomic E-state index is 6.31. The Morgan fingerprint density at radius 3 is 2.79 bits per heavy atom. The molecular formula is C21H30N4O2S. The van der Waals surface area contributed by atoms with Gasteiger partial charge in [-0.15, -0.1) is 11.3 Å². The molecule has 0 saturated heterocycles. The third kappa shape index (κ3) is 5.61. The van der Waals surface area contributed by atoms with Crippen LogP contribution in [0.5, 0.6) is 11.5 Å². The number of nitrogens with zero attached hydrogens (tertiary/aromatic N) is 2. The van der Waals surface area contributed by atoms with Crippen molar-refractivity contribution in [1.29, 1.82) is 0 Å². The van der Waals surface area contributed by atoms with Crippen LogP contribution in [0.2, 0.25) is 0 Å². The summed E-state index contributed by atoms with van der Waals surface area (Å²) in [6.45, 7) is 6.12. The monoisotopic (exact) mass is 402 g/mol. The molecule has 0 unspecified atom stereocenters. The molecule has 6 nitrogen and oxygen atoms in total. The van der Waals surface area contributed by atoms with Crippen LogP contribution in [0.3, 0.4) is 0 Å². The van der Waals surface area contributed by atoms with Crippen LogP contribution >= 0.6 is 11.3 Å². The summed E-state index contributed by atoms with van der Waals surface area (Å²) in [7, 11) is 1.69. The molecule has 2 aromatic rings. The van der Waals surface area contributed by atoms with Crippen LogP contribution in [0.25, 0.3) is 0 Å². The van der Waals surface area contributed by atoms with Gasteiger partial charge in [-0.25, -0.2) is 9.98 Å². The first kappa shape index (κ1) is 20.5. The number of hydrogen-bond donors (Lipinski definition) is 2. The van der Waals surface area contributed by atoms with Crippen molar-refractivity contribution in [2.75, 3.05) is 13.7 Å². The molecule has 3 rings (SSSR count). The highest BCUT2D eigenvalue weighted by Crippen LogP contribution is 2.35. The SMILES string of the molecule is CCNC(=NCc1cccc(OC)c1OC1CCCC1)NCc1cnc(C)s1. The smallest absolute Gasteiger partial charge is 0.191 e. The van der Waals surface area contributed by atoms with Crippen LogP contribution in [-0.4, -0.2) is 30.7 Å². The van der Waals surface area contributed by atoms with Crippen molar-refractivity contribution in [3.8, 4) is 11.5 Å². The quantitative estimate of drug-likeness (QED) is 0.515. The van der Waals surface area contributed by atoms with Gasteiger partial charge in [0.2, 0.25) is 0 Å². The van der Waals surface area contributed by atoms with Crippen molar-refractivity contribution >= 4 is 17.3 Å². The van der Waals surface area contributed by atoms with Crippen molar-refractivity contribution in [2.45, 2.75) is 58.7 Å². The Bertz CT molecular complexity index is 784. The van der Waals surface area contributed by atoms with Gasteiger partial charge in [0.25, 0.3) is 0 Å². The minimum Gasteiger partial charge on any atom is -0.493 e. The number of aromatic nitrogens is 1. The van der Waals surface area contributed by atoms with Crippen molar-refractivity contribution in [1.82, 2.24) is 15.6 Å². The molecule has 0 atom stereocenters. The Kier molecular flexibility index (Phi) is 7.54. The molecule has 152 valence electrons. The van der Waals surface area contributed by atoms with Crippen LogP contribution in [0.1, 0.15) is 48.1 Å². The van der Waals surface area contributed by atoms with E-state index >= 15 is 0 Å². The van der Waals surface area contributed by atoms with E-state index in [0.29, 0.717) is 13.1 Å². The number of hydrogen-bond acceptors (Lipinski definition) is 5. The van der Waals surface area contributed by atoms with Gasteiger partial charge in [-0.1, -0.05) is 12.1 Å². The summed E-state index contributed by atoms with van der Waals surface area (Å²) in [5, 5.41) is 7.75. The predicted octanol–water partition coefficient (Wildman–Crippen LogP) is 4.04. The second kappa shape index (κ2) is 10.3. The van der Waals surface area contributed by atoms with E-state index in [2.05, 4.69) is 28.6 Å². The van der Waals surface area contributed by atoms with E-state index < -0.39 is 0 Å². The molecule has 0 radical (unpaired) electrons. The fraction of sp³-hybridized carbons (Fsp3) is 0.524. The molecule has 1 fully saturated rings. The van der Waals surface area contributed by atoms with Crippen molar-refractivity contribution in [2.24, 2.45) is 4.99 Å². The van der Waals surface area contributed by atoms with Crippen LogP contribution in [0.4, 0.5) is 0 Å². The van der Waals surface area contributed by atoms with E-state index in [-0.39, 0.29) is 6.10 Å². The van der Waals surface area contributed by atoms with Crippen molar-refractivity contribution in [3.05, 3.63) is 39.8 Å². The number of para-hydroxylation sites is 1. The summed E-state index contributed by atoms with van der Waals surface area (Å²) >= 11 is 1.69. The van der Waals surface area contributed by atoms with Crippen LogP contribution in [0.15, 0.2) is 29.4 Å². The molecule has 1 saturated carbocycles. The number of thiazole rings is 1. The van der Waals surface area contributed by atoms with Gasteiger partial charge >= 0.3 is 0 Å². The number of rotatable bonds is 8. The first-order chi connectivity index (χ1) is 13.7. The van der Waals surface area contributed by atoms with Gasteiger partial charge in [0.1, 0.15) is 0 Å². The van der Waals surface area contributed by atoms with Gasteiger partial charge in [-0.3, -0.25) is 0 Å². The molecule has 1 aliphatic carbocycles. The number of ether oxygens (including phenoxy) is 2. The average Bonchev–Trinajstić information content (AvgIpc) is 3.36. The van der Waals surface area contributed by atoms with E-state index in [0.717, 1.165) is 47.4 Å². The Morgan fingerprint density at radius 1 is 1.29 bits per heavy atom. The number of methoxy groups -OCH3 is 1. The third-order valence-electron chi connectivity index (χ3n) is 4.72. The molecule has 2 N–H and O–H groups in total. The minimum atomic E-state index is 0.278. The summed E-state index contributed by atoms with van der Waals surface area (Å²) in [5.41, 5.74) is 1.04. The third-order valence-corrected chi connectivity index (χ3v) is 5.63. The van der Waals surface area contributed by atoms with Gasteiger partial charge in [0.05, 0.1) is 31.3 Å². The fourth-order valence-electron chi connectivity index (χ4n) is 3.32. The van der Waals surface area contributed by atoms with Crippen molar-refractivity contribution in [3.63, 3.8) is 0 Å². The summed E-state index contributed by atoms with van der Waals surface area (Å²) in [5.74, 6) is 2.38. The Morgan fingerprint density at radius 2 is 2.11 bits per heavy atom. The molecule has 0 spiro atoms. The fourth-order valence-corrected chi connectivity index (χ4v) is 4.05. The second-order valence-corrected chi connectivity index (χ2v) is 8.19. The van der Waals surface area contributed by atoms with E-state index in [9.17, 15) is 0 Å². The molecule has 7 heteroatoms. The van der Waals surface area contributed by atoms with Gasteiger partial charge in [0, 0.05) is 23.2 Å². The lowest BCUT2D eigenvalue weighted by atomic mass is 10.1. The summed E-state index contributed by atoms with van der Waals surface area (Å²) in [6.07, 6.45) is 6.88. The summed E-state index contributed by atoms with van der Waals surface area (Å²) < 4.78 is 11.9. The normalized spacial score (nSPS) is 14.9. The lowest BCUT2D eigenvalue weighted by Crippen LogP contribution is -2.36. The number of aliphatic imine (C=N–C) groups is 1. The molecule has 0 amide bonds. The summed E-state index contributed by atoms with van der Waals surface area (Å²) in [4.78, 5) is 10.3. The first-order valence-electron chi connectivity index (χ1n) is 9.95. The number of aryl methyl sites for hydroxylation is 1. The Balaban J connectivity index is 1.71. The molecule has 1 aromatic heterocycles. The van der Waals surface area contributed by atoms with Gasteiger partial charge in [0.15, 0.2) is 17.5 Å². The van der Waals surface area contributed by atoms with Gasteiger partial charge in [-0.2, -0.15) is 0 Å². The topological polar surface area (TPSA) is 67.8 Å². The first-order valence-corrected chi connectivity index (χ1v) is 10.8. The number of benzene rings is 1. The van der Waals surface area contributed by atoms with Crippen LogP contribution in [0, 0.1) is 6.92 Å². The molecule has 0 aliphatic heterocycles. The maximum absolute atomic E-state index is 6.31. The average molecular weight is 403 g/mol. The van der Waals surface area contributed by atoms with Crippen LogP contribution < -0.4 is 20.1 Å². The van der Waals surface area contributed by atoms with Gasteiger partial charge in [-0.05, 0) is 45.6 Å². The molecule has 1 aromatic carbocycles. The van der Waals surface area contributed by atoms with Gasteiger partial charge < -0.3 is 20.1 Å². The Hall–Kier alpha value is -2.28. The van der Waals surface area contributed by atoms with E-state index in [1.165, 1.54) is 17.7 Å². The maximum Gasteiger partial charge on any atom is 0.191 e. The summed E-state index contributed by atoms with van der Waals surface area (Å²) in [6, 6.07) is 6.01. The number of nitrogens with one attached hydrogen (secondary N) is 2. The molecule has 1 heterocycles.